The van der Waals surface area contributed by atoms with Crippen LogP contribution in [0, 0.1) is 52.6 Å². The van der Waals surface area contributed by atoms with Gasteiger partial charge in [0.05, 0.1) is 16.7 Å². The van der Waals surface area contributed by atoms with Crippen molar-refractivity contribution in [2.75, 3.05) is 0 Å². The molecule has 10 heteroatoms. The van der Waals surface area contributed by atoms with Gasteiger partial charge < -0.3 is 4.74 Å². The van der Waals surface area contributed by atoms with Crippen LogP contribution in [0.25, 0.3) is 11.1 Å². The number of aryl methyl sites for hydroxylation is 1. The number of allylic oxidation sites excluding steroid dienone is 1. The van der Waals surface area contributed by atoms with Gasteiger partial charge in [-0.15, -0.1) is 6.58 Å². The first kappa shape index (κ1) is 29.3. The molecule has 0 bridgehead atoms. The maximum atomic E-state index is 14.7. The maximum Gasteiger partial charge on any atom is 0.426 e. The average molecular weight is 576 g/mol. The summed E-state index contributed by atoms with van der Waals surface area (Å²) in [4.78, 5) is 0. The van der Waals surface area contributed by atoms with Crippen molar-refractivity contribution in [3.63, 3.8) is 0 Å². The molecule has 4 aromatic rings. The van der Waals surface area contributed by atoms with Crippen LogP contribution in [0.4, 0.5) is 39.5 Å². The summed E-state index contributed by atoms with van der Waals surface area (Å²) in [6.45, 7) is 3.55. The molecule has 0 radical (unpaired) electrons. The first-order chi connectivity index (χ1) is 19.4. The molecule has 0 N–H and O–H groups in total. The molecule has 0 aliphatic carbocycles. The van der Waals surface area contributed by atoms with E-state index >= 15 is 0 Å². The third-order valence-corrected chi connectivity index (χ3v) is 5.83. The highest BCUT2D eigenvalue weighted by atomic mass is 19.3. The molecular formula is C31H17F9O. The Morgan fingerprint density at radius 1 is 0.707 bits per heavy atom. The zero-order chi connectivity index (χ0) is 29.9. The fourth-order valence-corrected chi connectivity index (χ4v) is 3.83. The molecular weight excluding hydrogens is 559 g/mol. The second-order valence-electron chi connectivity index (χ2n) is 8.72. The number of halogens is 9. The van der Waals surface area contributed by atoms with Crippen molar-refractivity contribution >= 4 is 0 Å². The van der Waals surface area contributed by atoms with E-state index in [1.807, 2.05) is 0 Å². The fourth-order valence-electron chi connectivity index (χ4n) is 3.83. The monoisotopic (exact) mass is 576 g/mol. The Morgan fingerprint density at radius 2 is 1.27 bits per heavy atom. The van der Waals surface area contributed by atoms with Gasteiger partial charge >= 0.3 is 6.11 Å². The minimum atomic E-state index is -4.11. The number of benzene rings is 4. The Morgan fingerprint density at radius 3 is 1.80 bits per heavy atom. The molecule has 0 spiro atoms. The van der Waals surface area contributed by atoms with Crippen LogP contribution in [0.2, 0.25) is 0 Å². The van der Waals surface area contributed by atoms with Gasteiger partial charge in [-0.05, 0) is 72.5 Å². The minimum Gasteiger partial charge on any atom is -0.429 e. The van der Waals surface area contributed by atoms with Gasteiger partial charge in [0.25, 0.3) is 0 Å². The molecule has 0 atom stereocenters. The summed E-state index contributed by atoms with van der Waals surface area (Å²) in [6.07, 6.45) is -1.59. The van der Waals surface area contributed by atoms with E-state index in [2.05, 4.69) is 23.2 Å². The molecule has 4 aromatic carbocycles. The summed E-state index contributed by atoms with van der Waals surface area (Å²) in [6, 6.07) is 7.75. The van der Waals surface area contributed by atoms with Gasteiger partial charge in [-0.2, -0.15) is 8.78 Å². The lowest BCUT2D eigenvalue weighted by Gasteiger charge is -2.19. The number of hydrogen-bond donors (Lipinski definition) is 0. The van der Waals surface area contributed by atoms with Gasteiger partial charge in [0.2, 0.25) is 0 Å². The van der Waals surface area contributed by atoms with E-state index in [0.717, 1.165) is 36.4 Å². The molecule has 0 amide bonds. The van der Waals surface area contributed by atoms with Gasteiger partial charge in [0.1, 0.15) is 29.0 Å². The Hall–Kier alpha value is -4.65. The summed E-state index contributed by atoms with van der Waals surface area (Å²) < 4.78 is 132. The molecule has 0 aliphatic heterocycles. The summed E-state index contributed by atoms with van der Waals surface area (Å²) in [5.74, 6) is -6.17. The van der Waals surface area contributed by atoms with Crippen molar-refractivity contribution < 1.29 is 44.3 Å². The van der Waals surface area contributed by atoms with Gasteiger partial charge in [-0.25, -0.2) is 30.7 Å². The molecule has 1 nitrogen and oxygen atoms in total. The van der Waals surface area contributed by atoms with Crippen LogP contribution in [0.5, 0.6) is 5.75 Å². The van der Waals surface area contributed by atoms with E-state index in [4.69, 9.17) is 0 Å². The highest BCUT2D eigenvalue weighted by Gasteiger charge is 2.35. The summed E-state index contributed by atoms with van der Waals surface area (Å²) in [7, 11) is 0. The smallest absolute Gasteiger partial charge is 0.426 e. The number of rotatable bonds is 7. The fraction of sp³-hybridized carbons (Fsp3) is 0.0968. The molecule has 0 fully saturated rings. The van der Waals surface area contributed by atoms with E-state index in [1.165, 1.54) is 0 Å². The van der Waals surface area contributed by atoms with Crippen LogP contribution < -0.4 is 4.74 Å². The van der Waals surface area contributed by atoms with Crippen LogP contribution in [0.1, 0.15) is 28.7 Å². The third kappa shape index (κ3) is 6.57. The normalized spacial score (nSPS) is 11.1. The molecule has 0 heterocycles. The van der Waals surface area contributed by atoms with Gasteiger partial charge in [-0.3, -0.25) is 0 Å². The van der Waals surface area contributed by atoms with E-state index in [1.54, 1.807) is 6.08 Å². The molecule has 0 unspecified atom stereocenters. The predicted molar refractivity (Wildman–Crippen MR) is 133 cm³/mol. The van der Waals surface area contributed by atoms with E-state index in [9.17, 15) is 39.5 Å². The third-order valence-electron chi connectivity index (χ3n) is 5.83. The van der Waals surface area contributed by atoms with Crippen LogP contribution in [-0.4, -0.2) is 0 Å². The lowest BCUT2D eigenvalue weighted by molar-refractivity contribution is -0.185. The van der Waals surface area contributed by atoms with Gasteiger partial charge in [-0.1, -0.05) is 17.9 Å². The minimum absolute atomic E-state index is 0.124. The topological polar surface area (TPSA) is 9.23 Å². The molecule has 41 heavy (non-hydrogen) atoms. The lowest BCUT2D eigenvalue weighted by Crippen LogP contribution is -2.22. The van der Waals surface area contributed by atoms with Crippen LogP contribution in [0.15, 0.2) is 73.3 Å². The lowest BCUT2D eigenvalue weighted by atomic mass is 10.0. The van der Waals surface area contributed by atoms with E-state index in [0.29, 0.717) is 42.7 Å². The second-order valence-corrected chi connectivity index (χ2v) is 8.72. The zero-order valence-electron chi connectivity index (χ0n) is 20.8. The Kier molecular flexibility index (Phi) is 8.47. The van der Waals surface area contributed by atoms with Crippen molar-refractivity contribution in [2.45, 2.75) is 19.0 Å². The molecule has 0 aliphatic rings. The van der Waals surface area contributed by atoms with E-state index in [-0.39, 0.29) is 5.56 Å². The van der Waals surface area contributed by atoms with Crippen molar-refractivity contribution in [1.82, 2.24) is 0 Å². The largest absolute Gasteiger partial charge is 0.429 e. The number of ether oxygens (including phenoxy) is 1. The summed E-state index contributed by atoms with van der Waals surface area (Å²) in [5.41, 5.74) is -2.39. The number of hydrogen-bond acceptors (Lipinski definition) is 1. The summed E-state index contributed by atoms with van der Waals surface area (Å²) >= 11 is 0. The van der Waals surface area contributed by atoms with Gasteiger partial charge in [0.15, 0.2) is 17.5 Å². The van der Waals surface area contributed by atoms with Crippen LogP contribution >= 0.6 is 0 Å². The molecule has 4 rings (SSSR count). The standard InChI is InChI=1S/C31H17F9O/c1-2-3-4-18-11-23(32)22(24(33)12-18)10-7-17-5-8-20(9-6-17)31(39,40)41-21-15-25(34)29(26(35)16-21)19-13-27(36)30(38)28(37)14-19/h2,5-6,8-9,11-16H,1,3-4H2. The zero-order valence-corrected chi connectivity index (χ0v) is 20.8. The molecule has 0 aromatic heterocycles. The van der Waals surface area contributed by atoms with Crippen molar-refractivity contribution in [1.29, 1.82) is 0 Å². The highest BCUT2D eigenvalue weighted by molar-refractivity contribution is 5.66. The Labute approximate surface area is 228 Å². The van der Waals surface area contributed by atoms with E-state index < -0.39 is 74.8 Å². The SMILES string of the molecule is C=CCCc1cc(F)c(C#Cc2ccc(C(F)(F)Oc3cc(F)c(-c4cc(F)c(F)c(F)c4)c(F)c3)cc2)c(F)c1. The first-order valence-corrected chi connectivity index (χ1v) is 11.8. The summed E-state index contributed by atoms with van der Waals surface area (Å²) in [5, 5.41) is 0. The molecule has 210 valence electrons. The quantitative estimate of drug-likeness (QED) is 0.0924. The second kappa shape index (κ2) is 11.8. The first-order valence-electron chi connectivity index (χ1n) is 11.8. The van der Waals surface area contributed by atoms with Crippen LogP contribution in [-0.2, 0) is 12.5 Å². The molecule has 0 saturated carbocycles. The van der Waals surface area contributed by atoms with Crippen molar-refractivity contribution in [3.8, 4) is 28.7 Å². The van der Waals surface area contributed by atoms with Gasteiger partial charge in [0, 0.05) is 17.7 Å². The van der Waals surface area contributed by atoms with Crippen molar-refractivity contribution in [3.05, 3.63) is 136 Å². The highest BCUT2D eigenvalue weighted by Crippen LogP contribution is 2.36. The Bertz CT molecular complexity index is 1610. The maximum absolute atomic E-state index is 14.7. The Balaban J connectivity index is 1.53. The molecule has 0 saturated heterocycles. The predicted octanol–water partition coefficient (Wildman–Crippen LogP) is 8.97. The van der Waals surface area contributed by atoms with Crippen LogP contribution in [0.3, 0.4) is 0 Å². The average Bonchev–Trinajstić information content (AvgIpc) is 2.89. The number of alkyl halides is 2. The van der Waals surface area contributed by atoms with Crippen molar-refractivity contribution in [2.24, 2.45) is 0 Å².